The predicted molar refractivity (Wildman–Crippen MR) is 102 cm³/mol. The van der Waals surface area contributed by atoms with E-state index in [-0.39, 0.29) is 16.1 Å². The number of amides is 1. The molecule has 0 saturated heterocycles. The van der Waals surface area contributed by atoms with Crippen molar-refractivity contribution in [1.29, 1.82) is 0 Å². The van der Waals surface area contributed by atoms with Crippen LogP contribution in [0, 0.1) is 15.5 Å². The summed E-state index contributed by atoms with van der Waals surface area (Å²) >= 11 is 3.14. The molecule has 1 amide bonds. The van der Waals surface area contributed by atoms with Crippen LogP contribution in [0.3, 0.4) is 0 Å². The Labute approximate surface area is 158 Å². The number of carbonyl (C=O) groups is 1. The molecule has 1 unspecified atom stereocenters. The smallest absolute Gasteiger partial charge is 0.412 e. The summed E-state index contributed by atoms with van der Waals surface area (Å²) in [6, 6.07) is 9.59. The van der Waals surface area contributed by atoms with E-state index >= 15 is 0 Å². The second-order valence-electron chi connectivity index (χ2n) is 6.79. The predicted octanol–water partition coefficient (Wildman–Crippen LogP) is 4.61. The highest BCUT2D eigenvalue weighted by molar-refractivity contribution is 9.10. The van der Waals surface area contributed by atoms with Crippen molar-refractivity contribution < 1.29 is 14.8 Å². The summed E-state index contributed by atoms with van der Waals surface area (Å²) in [5.74, 6) is -0.355. The van der Waals surface area contributed by atoms with Crippen LogP contribution < -0.4 is 10.6 Å². The number of halogens is 1. The highest BCUT2D eigenvalue weighted by Gasteiger charge is 2.40. The lowest BCUT2D eigenvalue weighted by atomic mass is 9.81. The van der Waals surface area contributed by atoms with Crippen molar-refractivity contribution >= 4 is 39.2 Å². The number of carboxylic acid groups (broad SMARTS) is 1. The average Bonchev–Trinajstić information content (AvgIpc) is 2.50. The molecule has 0 aliphatic heterocycles. The van der Waals surface area contributed by atoms with Gasteiger partial charge in [0.15, 0.2) is 0 Å². The fraction of sp³-hybridized carbons (Fsp3) is 0.294. The van der Waals surface area contributed by atoms with Gasteiger partial charge >= 0.3 is 11.8 Å². The van der Waals surface area contributed by atoms with Gasteiger partial charge in [-0.05, 0) is 26.9 Å². The summed E-state index contributed by atoms with van der Waals surface area (Å²) in [7, 11) is 0. The molecule has 0 fully saturated rings. The number of nitrogens with zero attached hydrogens (tertiary/aromatic N) is 3. The average molecular weight is 423 g/mol. The SMILES string of the molecule is CC(C)(C)C(c1ccccc1)N(C(=O)O)c1cc(Br)nc(N)c1[N+](=O)[O-]. The molecule has 1 aromatic heterocycles. The van der Waals surface area contributed by atoms with Gasteiger partial charge < -0.3 is 10.8 Å². The van der Waals surface area contributed by atoms with Crippen LogP contribution in [0.1, 0.15) is 32.4 Å². The lowest BCUT2D eigenvalue weighted by Crippen LogP contribution is -2.41. The number of aromatic nitrogens is 1. The van der Waals surface area contributed by atoms with Crippen molar-refractivity contribution in [2.24, 2.45) is 5.41 Å². The number of rotatable bonds is 4. The van der Waals surface area contributed by atoms with Gasteiger partial charge in [-0.25, -0.2) is 9.78 Å². The van der Waals surface area contributed by atoms with Gasteiger partial charge in [-0.15, -0.1) is 0 Å². The summed E-state index contributed by atoms with van der Waals surface area (Å²) in [6.45, 7) is 5.60. The monoisotopic (exact) mass is 422 g/mol. The summed E-state index contributed by atoms with van der Waals surface area (Å²) in [4.78, 5) is 27.8. The maximum atomic E-state index is 12.2. The molecule has 1 heterocycles. The van der Waals surface area contributed by atoms with E-state index in [1.165, 1.54) is 6.07 Å². The minimum atomic E-state index is -1.32. The zero-order valence-corrected chi connectivity index (χ0v) is 16.1. The van der Waals surface area contributed by atoms with E-state index < -0.39 is 28.2 Å². The third kappa shape index (κ3) is 3.93. The number of pyridine rings is 1. The van der Waals surface area contributed by atoms with Gasteiger partial charge in [0.05, 0.1) is 11.0 Å². The number of hydrogen-bond acceptors (Lipinski definition) is 5. The highest BCUT2D eigenvalue weighted by atomic mass is 79.9. The molecule has 3 N–H and O–H groups in total. The second-order valence-corrected chi connectivity index (χ2v) is 7.60. The van der Waals surface area contributed by atoms with E-state index in [0.29, 0.717) is 5.56 Å². The Morgan fingerprint density at radius 3 is 2.38 bits per heavy atom. The summed E-state index contributed by atoms with van der Waals surface area (Å²) in [5.41, 5.74) is 5.19. The summed E-state index contributed by atoms with van der Waals surface area (Å²) in [5, 5.41) is 21.5. The number of nitrogen functional groups attached to an aromatic ring is 1. The van der Waals surface area contributed by atoms with Gasteiger partial charge in [0, 0.05) is 6.07 Å². The molecule has 1 atom stereocenters. The normalized spacial score (nSPS) is 12.5. The van der Waals surface area contributed by atoms with Gasteiger partial charge in [0.25, 0.3) is 0 Å². The fourth-order valence-corrected chi connectivity index (χ4v) is 3.32. The first-order valence-electron chi connectivity index (χ1n) is 7.71. The lowest BCUT2D eigenvalue weighted by Gasteiger charge is -2.38. The van der Waals surface area contributed by atoms with Crippen molar-refractivity contribution in [2.75, 3.05) is 10.6 Å². The van der Waals surface area contributed by atoms with Crippen LogP contribution in [-0.2, 0) is 0 Å². The van der Waals surface area contributed by atoms with Gasteiger partial charge in [-0.2, -0.15) is 0 Å². The molecule has 8 nitrogen and oxygen atoms in total. The zero-order chi connectivity index (χ0) is 19.6. The lowest BCUT2D eigenvalue weighted by molar-refractivity contribution is -0.383. The van der Waals surface area contributed by atoms with Crippen LogP contribution in [0.4, 0.5) is 22.0 Å². The van der Waals surface area contributed by atoms with Crippen molar-refractivity contribution in [1.82, 2.24) is 4.98 Å². The van der Waals surface area contributed by atoms with Gasteiger partial charge in [-0.3, -0.25) is 15.0 Å². The number of benzene rings is 1. The van der Waals surface area contributed by atoms with Gasteiger partial charge in [-0.1, -0.05) is 51.1 Å². The van der Waals surface area contributed by atoms with Crippen LogP contribution in [0.15, 0.2) is 41.0 Å². The Balaban J connectivity index is 2.80. The molecule has 138 valence electrons. The first kappa shape index (κ1) is 19.6. The third-order valence-corrected chi connectivity index (χ3v) is 4.22. The third-order valence-electron chi connectivity index (χ3n) is 3.81. The van der Waals surface area contributed by atoms with Crippen LogP contribution in [0.5, 0.6) is 0 Å². The molecule has 2 rings (SSSR count). The number of nitro groups is 1. The first-order valence-corrected chi connectivity index (χ1v) is 8.51. The molecule has 0 radical (unpaired) electrons. The zero-order valence-electron chi connectivity index (χ0n) is 14.5. The molecular formula is C17H19BrN4O4. The fourth-order valence-electron chi connectivity index (χ4n) is 2.91. The van der Waals surface area contributed by atoms with E-state index in [2.05, 4.69) is 20.9 Å². The van der Waals surface area contributed by atoms with Crippen molar-refractivity contribution in [3.8, 4) is 0 Å². The number of hydrogen-bond donors (Lipinski definition) is 2. The molecule has 1 aromatic carbocycles. The van der Waals surface area contributed by atoms with E-state index in [4.69, 9.17) is 5.73 Å². The molecule has 2 aromatic rings. The molecule has 0 bridgehead atoms. The second kappa shape index (κ2) is 7.28. The number of anilines is 2. The Kier molecular flexibility index (Phi) is 5.50. The largest absolute Gasteiger partial charge is 0.465 e. The first-order chi connectivity index (χ1) is 12.0. The van der Waals surface area contributed by atoms with E-state index in [9.17, 15) is 20.0 Å². The van der Waals surface area contributed by atoms with Gasteiger partial charge in [0.1, 0.15) is 10.3 Å². The molecule has 0 saturated carbocycles. The molecule has 0 aliphatic rings. The van der Waals surface area contributed by atoms with Crippen LogP contribution in [0.2, 0.25) is 0 Å². The van der Waals surface area contributed by atoms with E-state index in [1.807, 2.05) is 26.8 Å². The Morgan fingerprint density at radius 2 is 1.92 bits per heavy atom. The van der Waals surface area contributed by atoms with Crippen LogP contribution in [0.25, 0.3) is 0 Å². The quantitative estimate of drug-likeness (QED) is 0.421. The Bertz CT molecular complexity index is 837. The van der Waals surface area contributed by atoms with E-state index in [0.717, 1.165) is 4.90 Å². The standard InChI is InChI=1S/C17H19BrN4O4/c1-17(2,3)14(10-7-5-4-6-8-10)21(16(23)24)11-9-12(18)20-15(19)13(11)22(25)26/h4-9,14H,1-3H3,(H2,19,20)(H,23,24). The van der Waals surface area contributed by atoms with Gasteiger partial charge in [0.2, 0.25) is 5.82 Å². The maximum absolute atomic E-state index is 12.2. The molecule has 0 aliphatic carbocycles. The van der Waals surface area contributed by atoms with Crippen molar-refractivity contribution in [3.05, 3.63) is 56.7 Å². The van der Waals surface area contributed by atoms with Crippen LogP contribution in [-0.4, -0.2) is 21.1 Å². The summed E-state index contributed by atoms with van der Waals surface area (Å²) in [6.07, 6.45) is -1.32. The van der Waals surface area contributed by atoms with Crippen molar-refractivity contribution in [2.45, 2.75) is 26.8 Å². The molecule has 9 heteroatoms. The maximum Gasteiger partial charge on any atom is 0.412 e. The highest BCUT2D eigenvalue weighted by Crippen LogP contribution is 2.45. The Hall–Kier alpha value is -2.68. The molecular weight excluding hydrogens is 404 g/mol. The summed E-state index contributed by atoms with van der Waals surface area (Å²) < 4.78 is 0.211. The number of nitrogens with two attached hydrogens (primary N) is 1. The minimum absolute atomic E-state index is 0.134. The molecule has 26 heavy (non-hydrogen) atoms. The Morgan fingerprint density at radius 1 is 1.35 bits per heavy atom. The van der Waals surface area contributed by atoms with Crippen LogP contribution >= 0.6 is 15.9 Å². The minimum Gasteiger partial charge on any atom is -0.465 e. The van der Waals surface area contributed by atoms with E-state index in [1.54, 1.807) is 24.3 Å². The van der Waals surface area contributed by atoms with Crippen molar-refractivity contribution in [3.63, 3.8) is 0 Å². The topological polar surface area (TPSA) is 123 Å². The molecule has 0 spiro atoms.